The van der Waals surface area contributed by atoms with Crippen LogP contribution in [0.25, 0.3) is 10.2 Å². The van der Waals surface area contributed by atoms with Crippen molar-refractivity contribution in [3.05, 3.63) is 22.7 Å². The largest absolute Gasteiger partial charge is 0.385 e. The number of nitrogens with zero attached hydrogens (tertiary/aromatic N) is 2. The van der Waals surface area contributed by atoms with E-state index in [4.69, 9.17) is 4.74 Å². The maximum Gasteiger partial charge on any atom is 0.271 e. The molecule has 1 fully saturated rings. The molecular weight excluding hydrogens is 434 g/mol. The molecule has 0 bridgehead atoms. The average Bonchev–Trinajstić information content (AvgIpc) is 3.37. The van der Waals surface area contributed by atoms with Crippen LogP contribution < -0.4 is 5.32 Å². The van der Waals surface area contributed by atoms with Crippen molar-refractivity contribution >= 4 is 33.4 Å². The third-order valence-corrected chi connectivity index (χ3v) is 8.30. The van der Waals surface area contributed by atoms with Gasteiger partial charge in [-0.3, -0.25) is 9.59 Å². The Hall–Kier alpha value is -1.86. The summed E-state index contributed by atoms with van der Waals surface area (Å²) in [7, 11) is 1.67. The summed E-state index contributed by atoms with van der Waals surface area (Å²) < 4.78 is 8.42. The fourth-order valence-corrected chi connectivity index (χ4v) is 6.07. The van der Waals surface area contributed by atoms with E-state index >= 15 is 0 Å². The van der Waals surface area contributed by atoms with E-state index in [1.807, 2.05) is 26.8 Å². The highest BCUT2D eigenvalue weighted by Crippen LogP contribution is 2.36. The molecule has 7 heteroatoms. The monoisotopic (exact) mass is 475 g/mol. The molecule has 1 atom stereocenters. The molecule has 6 nitrogen and oxygen atoms in total. The maximum atomic E-state index is 13.6. The number of hydrogen-bond acceptors (Lipinski definition) is 4. The molecular formula is C26H41N3O3S. The third kappa shape index (κ3) is 5.14. The van der Waals surface area contributed by atoms with Crippen molar-refractivity contribution < 1.29 is 14.3 Å². The van der Waals surface area contributed by atoms with E-state index in [9.17, 15) is 9.59 Å². The summed E-state index contributed by atoms with van der Waals surface area (Å²) in [5.74, 6) is 0.641. The van der Waals surface area contributed by atoms with Crippen molar-refractivity contribution in [2.24, 2.45) is 5.92 Å². The number of ether oxygens (including phenoxy) is 1. The van der Waals surface area contributed by atoms with Gasteiger partial charge >= 0.3 is 0 Å². The summed E-state index contributed by atoms with van der Waals surface area (Å²) in [5.41, 5.74) is 0.853. The highest BCUT2D eigenvalue weighted by Gasteiger charge is 2.48. The first kappa shape index (κ1) is 25.8. The Bertz CT molecular complexity index is 958. The lowest BCUT2D eigenvalue weighted by Gasteiger charge is -2.45. The molecule has 1 unspecified atom stereocenters. The molecule has 0 spiro atoms. The number of methoxy groups -OCH3 is 1. The molecule has 184 valence electrons. The molecule has 2 aliphatic rings. The van der Waals surface area contributed by atoms with Gasteiger partial charge in [0.25, 0.3) is 5.91 Å². The molecule has 1 N–H and O–H groups in total. The van der Waals surface area contributed by atoms with Crippen LogP contribution in [-0.2, 0) is 22.5 Å². The van der Waals surface area contributed by atoms with E-state index in [1.54, 1.807) is 23.3 Å². The van der Waals surface area contributed by atoms with Crippen molar-refractivity contribution in [1.29, 1.82) is 0 Å². The summed E-state index contributed by atoms with van der Waals surface area (Å²) >= 11 is 1.74. The van der Waals surface area contributed by atoms with Crippen LogP contribution in [0.15, 0.2) is 12.1 Å². The summed E-state index contributed by atoms with van der Waals surface area (Å²) in [6, 6.07) is 4.39. The van der Waals surface area contributed by atoms with Gasteiger partial charge in [0.1, 0.15) is 11.2 Å². The molecule has 2 aromatic rings. The molecule has 3 heterocycles. The van der Waals surface area contributed by atoms with Gasteiger partial charge in [-0.25, -0.2) is 0 Å². The summed E-state index contributed by atoms with van der Waals surface area (Å²) in [4.78, 5) is 30.3. The highest BCUT2D eigenvalue weighted by molar-refractivity contribution is 7.19. The van der Waals surface area contributed by atoms with Crippen LogP contribution in [0.3, 0.4) is 0 Å². The van der Waals surface area contributed by atoms with Crippen molar-refractivity contribution in [3.8, 4) is 0 Å². The summed E-state index contributed by atoms with van der Waals surface area (Å²) in [5, 5.41) is 3.30. The Morgan fingerprint density at radius 2 is 1.94 bits per heavy atom. The number of aryl methyl sites for hydroxylation is 1. The normalized spacial score (nSPS) is 24.9. The Labute approximate surface area is 202 Å². The van der Waals surface area contributed by atoms with Gasteiger partial charge in [-0.2, -0.15) is 0 Å². The standard InChI is InChI=1S/C24H35N3O3S.C2H6/c1-5-18-13-19-21(31-18)14-20-22(28)27(11-6-12-30-4)24(3,15-26(19)20)23(29)25-17-9-7-16(2)8-10-17;1-2/h13-14,16-17H,5-12,15H2,1-4H3,(H,25,29);1-2H3. The van der Waals surface area contributed by atoms with E-state index in [1.165, 1.54) is 4.88 Å². The van der Waals surface area contributed by atoms with Crippen LogP contribution in [-0.4, -0.2) is 53.1 Å². The van der Waals surface area contributed by atoms with Crippen molar-refractivity contribution in [2.75, 3.05) is 20.3 Å². The smallest absolute Gasteiger partial charge is 0.271 e. The van der Waals surface area contributed by atoms with Gasteiger partial charge in [0.15, 0.2) is 0 Å². The minimum absolute atomic E-state index is 0.0312. The third-order valence-electron chi connectivity index (χ3n) is 7.09. The van der Waals surface area contributed by atoms with Gasteiger partial charge in [-0.15, -0.1) is 11.3 Å². The second-order valence-electron chi connectivity index (χ2n) is 9.44. The molecule has 1 aliphatic heterocycles. The fourth-order valence-electron chi connectivity index (χ4n) is 5.03. The molecule has 33 heavy (non-hydrogen) atoms. The van der Waals surface area contributed by atoms with Crippen LogP contribution in [0.5, 0.6) is 0 Å². The molecule has 0 saturated heterocycles. The van der Waals surface area contributed by atoms with Crippen LogP contribution in [0, 0.1) is 5.92 Å². The average molecular weight is 476 g/mol. The second-order valence-corrected chi connectivity index (χ2v) is 10.6. The summed E-state index contributed by atoms with van der Waals surface area (Å²) in [6.45, 7) is 11.9. The van der Waals surface area contributed by atoms with E-state index in [0.717, 1.165) is 48.2 Å². The van der Waals surface area contributed by atoms with Crippen LogP contribution in [0.4, 0.5) is 0 Å². The van der Waals surface area contributed by atoms with E-state index in [-0.39, 0.29) is 17.9 Å². The predicted molar refractivity (Wildman–Crippen MR) is 136 cm³/mol. The Morgan fingerprint density at radius 1 is 1.24 bits per heavy atom. The van der Waals surface area contributed by atoms with Gasteiger partial charge in [0, 0.05) is 31.2 Å². The number of aromatic nitrogens is 1. The van der Waals surface area contributed by atoms with Gasteiger partial charge in [-0.05, 0) is 63.5 Å². The number of hydrogen-bond donors (Lipinski definition) is 1. The zero-order valence-electron chi connectivity index (χ0n) is 21.2. The van der Waals surface area contributed by atoms with E-state index in [2.05, 4.69) is 29.8 Å². The molecule has 2 amide bonds. The quantitative estimate of drug-likeness (QED) is 0.557. The van der Waals surface area contributed by atoms with Crippen LogP contribution in [0.2, 0.25) is 0 Å². The van der Waals surface area contributed by atoms with Crippen LogP contribution in [0.1, 0.15) is 82.1 Å². The van der Waals surface area contributed by atoms with E-state index in [0.29, 0.717) is 31.8 Å². The first-order valence-electron chi connectivity index (χ1n) is 12.6. The Kier molecular flexibility index (Phi) is 8.62. The lowest BCUT2D eigenvalue weighted by atomic mass is 9.86. The highest BCUT2D eigenvalue weighted by atomic mass is 32.1. The number of nitrogens with one attached hydrogen (secondary N) is 1. The molecule has 4 rings (SSSR count). The summed E-state index contributed by atoms with van der Waals surface area (Å²) in [6.07, 6.45) is 6.02. The SMILES string of the molecule is CC.CCc1cc2c(cc3n2CC(C)(C(=O)NC2CCC(C)CC2)N(CCCOC)C3=O)s1. The lowest BCUT2D eigenvalue weighted by Crippen LogP contribution is -2.65. The first-order chi connectivity index (χ1) is 15.9. The van der Waals surface area contributed by atoms with E-state index < -0.39 is 5.54 Å². The minimum atomic E-state index is -0.916. The van der Waals surface area contributed by atoms with Crippen molar-refractivity contribution in [2.45, 2.75) is 91.3 Å². The molecule has 0 radical (unpaired) electrons. The number of thiophene rings is 1. The zero-order valence-corrected chi connectivity index (χ0v) is 22.0. The fraction of sp³-hybridized carbons (Fsp3) is 0.692. The zero-order chi connectivity index (χ0) is 24.2. The topological polar surface area (TPSA) is 63.6 Å². The molecule has 1 aliphatic carbocycles. The molecule has 1 saturated carbocycles. The number of carbonyl (C=O) groups excluding carboxylic acids is 2. The maximum absolute atomic E-state index is 13.6. The predicted octanol–water partition coefficient (Wildman–Crippen LogP) is 5.24. The number of amides is 2. The second kappa shape index (κ2) is 11.0. The molecule has 0 aromatic carbocycles. The van der Waals surface area contributed by atoms with Gasteiger partial charge < -0.3 is 19.5 Å². The number of fused-ring (bicyclic) bond motifs is 3. The van der Waals surface area contributed by atoms with Gasteiger partial charge in [-0.1, -0.05) is 27.7 Å². The lowest BCUT2D eigenvalue weighted by molar-refractivity contribution is -0.134. The van der Waals surface area contributed by atoms with Crippen molar-refractivity contribution in [3.63, 3.8) is 0 Å². The minimum Gasteiger partial charge on any atom is -0.385 e. The number of carbonyl (C=O) groups is 2. The Morgan fingerprint density at radius 3 is 2.58 bits per heavy atom. The van der Waals surface area contributed by atoms with Crippen molar-refractivity contribution in [1.82, 2.24) is 14.8 Å². The number of rotatable bonds is 7. The van der Waals surface area contributed by atoms with Crippen LogP contribution >= 0.6 is 11.3 Å². The first-order valence-corrected chi connectivity index (χ1v) is 13.4. The van der Waals surface area contributed by atoms with Gasteiger partial charge in [0.2, 0.25) is 5.91 Å². The Balaban J connectivity index is 0.00000149. The van der Waals surface area contributed by atoms with Gasteiger partial charge in [0.05, 0.1) is 16.8 Å². The molecule has 2 aromatic heterocycles.